The van der Waals surface area contributed by atoms with Gasteiger partial charge in [-0.05, 0) is 31.2 Å². The maximum atomic E-state index is 12.0. The number of carbonyl (C=O) groups is 1. The number of benzene rings is 1. The van der Waals surface area contributed by atoms with Crippen LogP contribution in [-0.2, 0) is 11.3 Å². The smallest absolute Gasteiger partial charge is 0.319 e. The number of aryl methyl sites for hydroxylation is 1. The van der Waals surface area contributed by atoms with Gasteiger partial charge in [-0.1, -0.05) is 17.7 Å². The van der Waals surface area contributed by atoms with Crippen LogP contribution in [0.4, 0.5) is 16.4 Å². The lowest BCUT2D eigenvalue weighted by Crippen LogP contribution is -2.37. The first-order valence-corrected chi connectivity index (χ1v) is 8.45. The Bertz CT molecular complexity index is 750. The van der Waals surface area contributed by atoms with E-state index in [0.29, 0.717) is 36.4 Å². The number of aromatic nitrogens is 2. The number of hydrogen-bond donors (Lipinski definition) is 2. The van der Waals surface area contributed by atoms with Crippen LogP contribution in [0.1, 0.15) is 11.4 Å². The Kier molecular flexibility index (Phi) is 5.67. The summed E-state index contributed by atoms with van der Waals surface area (Å²) >= 11 is 5.91. The lowest BCUT2D eigenvalue weighted by atomic mass is 10.3. The number of morpholine rings is 1. The Labute approximate surface area is 151 Å². The number of anilines is 2. The first kappa shape index (κ1) is 17.4. The van der Waals surface area contributed by atoms with Gasteiger partial charge in [0, 0.05) is 29.5 Å². The van der Waals surface area contributed by atoms with Crippen LogP contribution in [0.15, 0.2) is 30.3 Å². The predicted molar refractivity (Wildman–Crippen MR) is 97.1 cm³/mol. The number of nitrogens with one attached hydrogen (secondary N) is 2. The summed E-state index contributed by atoms with van der Waals surface area (Å²) in [6, 6.07) is 8.54. The second kappa shape index (κ2) is 8.13. The van der Waals surface area contributed by atoms with Crippen LogP contribution in [0.5, 0.6) is 0 Å². The molecule has 1 aromatic carbocycles. The second-order valence-corrected chi connectivity index (χ2v) is 6.15. The van der Waals surface area contributed by atoms with Crippen molar-refractivity contribution in [3.63, 3.8) is 0 Å². The van der Waals surface area contributed by atoms with Gasteiger partial charge in [0.1, 0.15) is 0 Å². The predicted octanol–water partition coefficient (Wildman–Crippen LogP) is 2.60. The van der Waals surface area contributed by atoms with Gasteiger partial charge in [-0.2, -0.15) is 0 Å². The van der Waals surface area contributed by atoms with Crippen molar-refractivity contribution in [2.45, 2.75) is 13.5 Å². The van der Waals surface area contributed by atoms with Gasteiger partial charge in [0.15, 0.2) is 0 Å². The molecule has 0 saturated carbocycles. The van der Waals surface area contributed by atoms with Crippen LogP contribution in [-0.4, -0.2) is 42.3 Å². The van der Waals surface area contributed by atoms with Crippen molar-refractivity contribution < 1.29 is 9.53 Å². The van der Waals surface area contributed by atoms with Crippen LogP contribution >= 0.6 is 11.6 Å². The van der Waals surface area contributed by atoms with Gasteiger partial charge in [0.2, 0.25) is 5.95 Å². The molecule has 0 bridgehead atoms. The van der Waals surface area contributed by atoms with E-state index in [4.69, 9.17) is 16.3 Å². The number of hydrogen-bond acceptors (Lipinski definition) is 5. The fourth-order valence-corrected chi connectivity index (χ4v) is 2.71. The van der Waals surface area contributed by atoms with Crippen molar-refractivity contribution in [1.29, 1.82) is 0 Å². The Morgan fingerprint density at radius 3 is 2.84 bits per heavy atom. The zero-order valence-electron chi connectivity index (χ0n) is 14.0. The van der Waals surface area contributed by atoms with Gasteiger partial charge in [0.05, 0.1) is 25.5 Å². The molecule has 2 amide bonds. The molecule has 0 unspecified atom stereocenters. The molecular weight excluding hydrogens is 342 g/mol. The van der Waals surface area contributed by atoms with Crippen molar-refractivity contribution >= 4 is 29.3 Å². The molecule has 2 N–H and O–H groups in total. The summed E-state index contributed by atoms with van der Waals surface area (Å²) in [7, 11) is 0. The third-order valence-corrected chi connectivity index (χ3v) is 3.94. The van der Waals surface area contributed by atoms with E-state index in [9.17, 15) is 4.79 Å². The summed E-state index contributed by atoms with van der Waals surface area (Å²) in [5, 5.41) is 6.11. The SMILES string of the molecule is Cc1cc(CNC(=O)Nc2cccc(Cl)c2)nc(N2CCOCC2)n1. The third-order valence-electron chi connectivity index (χ3n) is 3.70. The molecule has 0 spiro atoms. The number of rotatable bonds is 4. The minimum absolute atomic E-state index is 0.313. The van der Waals surface area contributed by atoms with E-state index >= 15 is 0 Å². The first-order valence-electron chi connectivity index (χ1n) is 8.08. The number of nitrogens with zero attached hydrogens (tertiary/aromatic N) is 3. The van der Waals surface area contributed by atoms with E-state index in [2.05, 4.69) is 25.5 Å². The number of urea groups is 1. The highest BCUT2D eigenvalue weighted by molar-refractivity contribution is 6.30. The van der Waals surface area contributed by atoms with Crippen molar-refractivity contribution in [3.05, 3.63) is 46.7 Å². The molecule has 0 aliphatic carbocycles. The number of ether oxygens (including phenoxy) is 1. The van der Waals surface area contributed by atoms with Gasteiger partial charge >= 0.3 is 6.03 Å². The fourth-order valence-electron chi connectivity index (χ4n) is 2.52. The summed E-state index contributed by atoms with van der Waals surface area (Å²) < 4.78 is 5.35. The number of amides is 2. The quantitative estimate of drug-likeness (QED) is 0.875. The summed E-state index contributed by atoms with van der Waals surface area (Å²) in [4.78, 5) is 23.1. The van der Waals surface area contributed by atoms with Crippen LogP contribution in [0.2, 0.25) is 5.02 Å². The number of carbonyl (C=O) groups excluding carboxylic acids is 1. The molecule has 1 fully saturated rings. The lowest BCUT2D eigenvalue weighted by Gasteiger charge is -2.27. The van der Waals surface area contributed by atoms with Crippen molar-refractivity contribution in [2.75, 3.05) is 36.5 Å². The van der Waals surface area contributed by atoms with Gasteiger partial charge in [0.25, 0.3) is 0 Å². The molecule has 7 nitrogen and oxygen atoms in total. The van der Waals surface area contributed by atoms with Crippen LogP contribution in [0, 0.1) is 6.92 Å². The van der Waals surface area contributed by atoms with Crippen molar-refractivity contribution in [2.24, 2.45) is 0 Å². The van der Waals surface area contributed by atoms with Gasteiger partial charge < -0.3 is 20.3 Å². The Balaban J connectivity index is 1.60. The molecule has 1 aliphatic rings. The standard InChI is InChI=1S/C17H20ClN5O2/c1-12-9-15(21-16(20-12)23-5-7-25-8-6-23)11-19-17(24)22-14-4-2-3-13(18)10-14/h2-4,9-10H,5-8,11H2,1H3,(H2,19,22,24). The van der Waals surface area contributed by atoms with E-state index in [1.807, 2.05) is 13.0 Å². The maximum Gasteiger partial charge on any atom is 0.319 e. The number of halogens is 1. The summed E-state index contributed by atoms with van der Waals surface area (Å²) in [6.07, 6.45) is 0. The molecule has 2 aromatic rings. The highest BCUT2D eigenvalue weighted by Crippen LogP contribution is 2.15. The van der Waals surface area contributed by atoms with E-state index < -0.39 is 0 Å². The average Bonchev–Trinajstić information content (AvgIpc) is 2.60. The topological polar surface area (TPSA) is 79.4 Å². The highest BCUT2D eigenvalue weighted by Gasteiger charge is 2.15. The molecule has 0 radical (unpaired) electrons. The van der Waals surface area contributed by atoms with E-state index in [1.54, 1.807) is 24.3 Å². The summed E-state index contributed by atoms with van der Waals surface area (Å²) in [5.74, 6) is 0.676. The first-order chi connectivity index (χ1) is 12.1. The molecule has 3 rings (SSSR count). The Morgan fingerprint density at radius 2 is 2.08 bits per heavy atom. The molecule has 0 atom stereocenters. The van der Waals surface area contributed by atoms with Crippen LogP contribution < -0.4 is 15.5 Å². The third kappa shape index (κ3) is 5.04. The fraction of sp³-hybridized carbons (Fsp3) is 0.353. The van der Waals surface area contributed by atoms with Gasteiger partial charge in [-0.15, -0.1) is 0 Å². The van der Waals surface area contributed by atoms with Gasteiger partial charge in [-0.25, -0.2) is 14.8 Å². The van der Waals surface area contributed by atoms with E-state index in [-0.39, 0.29) is 6.03 Å². The zero-order valence-corrected chi connectivity index (χ0v) is 14.7. The molecule has 2 heterocycles. The van der Waals surface area contributed by atoms with E-state index in [1.165, 1.54) is 0 Å². The summed E-state index contributed by atoms with van der Waals surface area (Å²) in [5.41, 5.74) is 2.26. The average molecular weight is 362 g/mol. The van der Waals surface area contributed by atoms with Crippen molar-refractivity contribution in [1.82, 2.24) is 15.3 Å². The molecule has 25 heavy (non-hydrogen) atoms. The normalized spacial score (nSPS) is 14.2. The zero-order chi connectivity index (χ0) is 17.6. The minimum atomic E-state index is -0.313. The van der Waals surface area contributed by atoms with Gasteiger partial charge in [-0.3, -0.25) is 0 Å². The van der Waals surface area contributed by atoms with Crippen molar-refractivity contribution in [3.8, 4) is 0 Å². The highest BCUT2D eigenvalue weighted by atomic mass is 35.5. The lowest BCUT2D eigenvalue weighted by molar-refractivity contribution is 0.122. The van der Waals surface area contributed by atoms with Crippen LogP contribution in [0.25, 0.3) is 0 Å². The van der Waals surface area contributed by atoms with Crippen LogP contribution in [0.3, 0.4) is 0 Å². The Morgan fingerprint density at radius 1 is 1.28 bits per heavy atom. The molecule has 1 aliphatic heterocycles. The molecule has 1 saturated heterocycles. The molecule has 132 valence electrons. The second-order valence-electron chi connectivity index (χ2n) is 5.72. The Hall–Kier alpha value is -2.38. The molecule has 8 heteroatoms. The molecular formula is C17H20ClN5O2. The largest absolute Gasteiger partial charge is 0.378 e. The molecule has 1 aromatic heterocycles. The maximum absolute atomic E-state index is 12.0. The monoisotopic (exact) mass is 361 g/mol. The minimum Gasteiger partial charge on any atom is -0.378 e. The summed E-state index contributed by atoms with van der Waals surface area (Å²) in [6.45, 7) is 5.12. The van der Waals surface area contributed by atoms with E-state index in [0.717, 1.165) is 24.5 Å².